The van der Waals surface area contributed by atoms with Gasteiger partial charge in [0.2, 0.25) is 5.88 Å². The van der Waals surface area contributed by atoms with Gasteiger partial charge in [0.05, 0.1) is 6.04 Å². The summed E-state index contributed by atoms with van der Waals surface area (Å²) in [6, 6.07) is 14.7. The van der Waals surface area contributed by atoms with Crippen LogP contribution in [0.4, 0.5) is 10.6 Å². The van der Waals surface area contributed by atoms with Gasteiger partial charge in [-0.15, -0.1) is 0 Å². The monoisotopic (exact) mass is 404 g/mol. The Bertz CT molecular complexity index is 1090. The van der Waals surface area contributed by atoms with Crippen LogP contribution in [0.15, 0.2) is 48.7 Å². The predicted octanol–water partition coefficient (Wildman–Crippen LogP) is 3.51. The van der Waals surface area contributed by atoms with Crippen molar-refractivity contribution < 1.29 is 14.6 Å². The maximum absolute atomic E-state index is 11.3. The number of hydrogen-bond acceptors (Lipinski definition) is 6. The Labute approximate surface area is 172 Å². The molecule has 0 aliphatic carbocycles. The van der Waals surface area contributed by atoms with E-state index >= 15 is 0 Å². The smallest absolute Gasteiger partial charge is 0.407 e. The molecular weight excluding hydrogens is 384 g/mol. The number of rotatable bonds is 4. The third-order valence-electron chi connectivity index (χ3n) is 5.05. The first-order valence-corrected chi connectivity index (χ1v) is 9.52. The van der Waals surface area contributed by atoms with Crippen LogP contribution in [0.3, 0.4) is 0 Å². The molecule has 1 unspecified atom stereocenters. The molecule has 2 aromatic heterocycles. The van der Waals surface area contributed by atoms with Gasteiger partial charge in [-0.1, -0.05) is 18.2 Å². The van der Waals surface area contributed by atoms with Crippen LogP contribution in [-0.4, -0.2) is 44.0 Å². The summed E-state index contributed by atoms with van der Waals surface area (Å²) in [5, 5.41) is 23.5. The fourth-order valence-corrected chi connectivity index (χ4v) is 3.56. The van der Waals surface area contributed by atoms with Crippen molar-refractivity contribution in [3.05, 3.63) is 54.2 Å². The van der Waals surface area contributed by atoms with Crippen LogP contribution in [0.25, 0.3) is 11.3 Å². The Kier molecular flexibility index (Phi) is 5.22. The van der Waals surface area contributed by atoms with Gasteiger partial charge in [0, 0.05) is 30.9 Å². The molecule has 1 aromatic carbocycles. The van der Waals surface area contributed by atoms with Crippen molar-refractivity contribution in [1.29, 1.82) is 5.26 Å². The number of nitriles is 1. The van der Waals surface area contributed by atoms with Crippen LogP contribution in [0.2, 0.25) is 0 Å². The first-order chi connectivity index (χ1) is 14.6. The number of likely N-dealkylation sites (tertiary alicyclic amines) is 1. The highest BCUT2D eigenvalue weighted by molar-refractivity contribution is 5.72. The van der Waals surface area contributed by atoms with Gasteiger partial charge >= 0.3 is 6.09 Å². The number of nitrogen functional groups attached to an aromatic ring is 1. The van der Waals surface area contributed by atoms with Crippen LogP contribution in [0.5, 0.6) is 11.6 Å². The van der Waals surface area contributed by atoms with Crippen LogP contribution < -0.4 is 10.5 Å². The molecule has 152 valence electrons. The molecule has 9 nitrogen and oxygen atoms in total. The number of nitrogens with two attached hydrogens (primary N) is 1. The van der Waals surface area contributed by atoms with Gasteiger partial charge in [-0.3, -0.25) is 0 Å². The molecule has 4 rings (SSSR count). The third kappa shape index (κ3) is 3.75. The van der Waals surface area contributed by atoms with E-state index in [4.69, 9.17) is 10.5 Å². The summed E-state index contributed by atoms with van der Waals surface area (Å²) in [6.45, 7) is 0.769. The molecule has 1 amide bonds. The second kappa shape index (κ2) is 8.13. The van der Waals surface area contributed by atoms with Crippen molar-refractivity contribution in [1.82, 2.24) is 19.7 Å². The molecule has 0 saturated carbocycles. The second-order valence-electron chi connectivity index (χ2n) is 6.99. The van der Waals surface area contributed by atoms with Crippen molar-refractivity contribution in [2.45, 2.75) is 18.9 Å². The molecule has 3 heterocycles. The number of amides is 1. The maximum atomic E-state index is 11.3. The molecule has 0 radical (unpaired) electrons. The second-order valence-corrected chi connectivity index (χ2v) is 6.99. The van der Waals surface area contributed by atoms with E-state index in [1.165, 1.54) is 4.90 Å². The average Bonchev–Trinajstić information content (AvgIpc) is 3.11. The van der Waals surface area contributed by atoms with Gasteiger partial charge in [0.1, 0.15) is 28.9 Å². The summed E-state index contributed by atoms with van der Waals surface area (Å²) in [4.78, 5) is 17.0. The molecule has 1 aliphatic rings. The van der Waals surface area contributed by atoms with E-state index in [9.17, 15) is 15.2 Å². The van der Waals surface area contributed by atoms with Gasteiger partial charge in [-0.25, -0.2) is 14.5 Å². The molecular formula is C21H20N6O3. The largest absolute Gasteiger partial charge is 0.465 e. The first kappa shape index (κ1) is 19.3. The van der Waals surface area contributed by atoms with Gasteiger partial charge in [0.25, 0.3) is 0 Å². The number of benzene rings is 1. The maximum Gasteiger partial charge on any atom is 0.407 e. The van der Waals surface area contributed by atoms with Gasteiger partial charge in [-0.05, 0) is 31.0 Å². The Balaban J connectivity index is 1.61. The molecule has 9 heteroatoms. The van der Waals surface area contributed by atoms with Crippen LogP contribution in [0.1, 0.15) is 24.4 Å². The molecule has 1 fully saturated rings. The van der Waals surface area contributed by atoms with Crippen LogP contribution in [0, 0.1) is 11.3 Å². The quantitative estimate of drug-likeness (QED) is 0.680. The van der Waals surface area contributed by atoms with Crippen molar-refractivity contribution in [2.75, 3.05) is 18.8 Å². The lowest BCUT2D eigenvalue weighted by Crippen LogP contribution is -2.40. The standard InChI is InChI=1S/C21H20N6O3/c22-11-17-19(14-8-9-18(24-12-14)30-16-6-2-1-3-7-16)25-27(20(17)23)15-5-4-10-26(13-15)21(28)29/h1-3,6-9,12,15H,4-5,10,13,23H2,(H,28,29). The molecule has 3 N–H and O–H groups in total. The number of ether oxygens (including phenoxy) is 1. The minimum Gasteiger partial charge on any atom is -0.465 e. The van der Waals surface area contributed by atoms with E-state index in [0.717, 1.165) is 6.42 Å². The summed E-state index contributed by atoms with van der Waals surface area (Å²) in [6.07, 6.45) is 2.06. The molecule has 30 heavy (non-hydrogen) atoms. The van der Waals surface area contributed by atoms with Gasteiger partial charge in [0.15, 0.2) is 0 Å². The van der Waals surface area contributed by atoms with Crippen molar-refractivity contribution in [2.24, 2.45) is 0 Å². The van der Waals surface area contributed by atoms with Crippen molar-refractivity contribution in [3.8, 4) is 29.0 Å². The number of piperidine rings is 1. The molecule has 3 aromatic rings. The number of hydrogen-bond donors (Lipinski definition) is 2. The minimum atomic E-state index is -0.968. The first-order valence-electron chi connectivity index (χ1n) is 9.52. The molecule has 0 spiro atoms. The Morgan fingerprint density at radius 1 is 1.27 bits per heavy atom. The highest BCUT2D eigenvalue weighted by Gasteiger charge is 2.28. The lowest BCUT2D eigenvalue weighted by molar-refractivity contribution is 0.120. The number of nitrogens with zero attached hydrogens (tertiary/aromatic N) is 5. The lowest BCUT2D eigenvalue weighted by Gasteiger charge is -2.31. The number of carbonyl (C=O) groups is 1. The molecule has 1 saturated heterocycles. The van der Waals surface area contributed by atoms with Crippen LogP contribution >= 0.6 is 0 Å². The minimum absolute atomic E-state index is 0.218. The number of aromatic nitrogens is 3. The summed E-state index contributed by atoms with van der Waals surface area (Å²) in [5.41, 5.74) is 7.50. The zero-order valence-corrected chi connectivity index (χ0v) is 16.1. The number of anilines is 1. The topological polar surface area (TPSA) is 130 Å². The van der Waals surface area contributed by atoms with Gasteiger partial charge < -0.3 is 20.5 Å². The summed E-state index contributed by atoms with van der Waals surface area (Å²) >= 11 is 0. The highest BCUT2D eigenvalue weighted by Crippen LogP contribution is 2.32. The fourth-order valence-electron chi connectivity index (χ4n) is 3.56. The summed E-state index contributed by atoms with van der Waals surface area (Å²) < 4.78 is 7.26. The van der Waals surface area contributed by atoms with Crippen molar-refractivity contribution >= 4 is 11.9 Å². The number of pyridine rings is 1. The lowest BCUT2D eigenvalue weighted by atomic mass is 10.1. The summed E-state index contributed by atoms with van der Waals surface area (Å²) in [7, 11) is 0. The molecule has 1 aliphatic heterocycles. The molecule has 1 atom stereocenters. The fraction of sp³-hybridized carbons (Fsp3) is 0.238. The Hall–Kier alpha value is -4.06. The van der Waals surface area contributed by atoms with E-state index < -0.39 is 6.09 Å². The van der Waals surface area contributed by atoms with Gasteiger partial charge in [-0.2, -0.15) is 10.4 Å². The van der Waals surface area contributed by atoms with E-state index in [2.05, 4.69) is 16.2 Å². The number of para-hydroxylation sites is 1. The normalized spacial score (nSPS) is 16.1. The highest BCUT2D eigenvalue weighted by atomic mass is 16.5. The summed E-state index contributed by atoms with van der Waals surface area (Å²) in [5.74, 6) is 1.32. The van der Waals surface area contributed by atoms with E-state index in [-0.39, 0.29) is 24.0 Å². The van der Waals surface area contributed by atoms with E-state index in [0.29, 0.717) is 35.9 Å². The van der Waals surface area contributed by atoms with Crippen LogP contribution in [-0.2, 0) is 0 Å². The zero-order chi connectivity index (χ0) is 21.1. The predicted molar refractivity (Wildman–Crippen MR) is 109 cm³/mol. The number of carboxylic acid groups (broad SMARTS) is 1. The third-order valence-corrected chi connectivity index (χ3v) is 5.05. The van der Waals surface area contributed by atoms with Crippen molar-refractivity contribution in [3.63, 3.8) is 0 Å². The SMILES string of the molecule is N#Cc1c(-c2ccc(Oc3ccccc3)nc2)nn(C2CCCN(C(=O)O)C2)c1N. The zero-order valence-electron chi connectivity index (χ0n) is 16.1. The average molecular weight is 404 g/mol. The Morgan fingerprint density at radius 2 is 2.07 bits per heavy atom. The molecule has 0 bridgehead atoms. The van der Waals surface area contributed by atoms with E-state index in [1.807, 2.05) is 30.3 Å². The Morgan fingerprint density at radius 3 is 2.73 bits per heavy atom. The van der Waals surface area contributed by atoms with E-state index in [1.54, 1.807) is 23.0 Å².